The molecule has 0 bridgehead atoms. The van der Waals surface area contributed by atoms with Gasteiger partial charge in [0.2, 0.25) is 5.91 Å². The lowest BCUT2D eigenvalue weighted by atomic mass is 9.75. The maximum atomic E-state index is 13.7. The lowest BCUT2D eigenvalue weighted by Crippen LogP contribution is -2.53. The smallest absolute Gasteiger partial charge is 0.268 e. The van der Waals surface area contributed by atoms with E-state index in [2.05, 4.69) is 27.0 Å². The van der Waals surface area contributed by atoms with Crippen LogP contribution < -0.4 is 16.0 Å². The van der Waals surface area contributed by atoms with Gasteiger partial charge in [0.15, 0.2) is 0 Å². The number of hydrogen-bond acceptors (Lipinski definition) is 5. The minimum atomic E-state index is -0.855. The van der Waals surface area contributed by atoms with Gasteiger partial charge in [-0.25, -0.2) is 4.39 Å². The Hall–Kier alpha value is -2.96. The van der Waals surface area contributed by atoms with E-state index in [-0.39, 0.29) is 22.7 Å². The predicted octanol–water partition coefficient (Wildman–Crippen LogP) is 3.36. The van der Waals surface area contributed by atoms with Gasteiger partial charge in [-0.2, -0.15) is 5.26 Å². The first-order chi connectivity index (χ1) is 17.2. The fourth-order valence-electron chi connectivity index (χ4n) is 5.18. The minimum absolute atomic E-state index is 0.155. The molecule has 1 saturated heterocycles. The minimum Gasteiger partial charge on any atom is -0.349 e. The van der Waals surface area contributed by atoms with E-state index in [1.807, 2.05) is 0 Å². The van der Waals surface area contributed by atoms with E-state index in [1.54, 1.807) is 0 Å². The van der Waals surface area contributed by atoms with Crippen LogP contribution in [0.1, 0.15) is 61.9 Å². The van der Waals surface area contributed by atoms with Crippen LogP contribution in [0.2, 0.25) is 5.02 Å². The molecular formula is C26H29ClFN5O3. The van der Waals surface area contributed by atoms with Crippen molar-refractivity contribution in [2.24, 2.45) is 11.3 Å². The Morgan fingerprint density at radius 2 is 1.97 bits per heavy atom. The van der Waals surface area contributed by atoms with Gasteiger partial charge in [-0.3, -0.25) is 9.59 Å². The number of piperidine rings is 1. The number of carbonyl (C=O) groups is 3. The van der Waals surface area contributed by atoms with E-state index in [4.69, 9.17) is 11.6 Å². The number of benzene rings is 1. The summed E-state index contributed by atoms with van der Waals surface area (Å²) in [7, 11) is 0. The molecule has 1 spiro atoms. The Balaban J connectivity index is 1.26. The summed E-state index contributed by atoms with van der Waals surface area (Å²) in [4.78, 5) is 41.1. The number of aromatic nitrogens is 1. The normalized spacial score (nSPS) is 24.0. The number of hydrogen-bond donors (Lipinski definition) is 4. The largest absolute Gasteiger partial charge is 0.349 e. The van der Waals surface area contributed by atoms with Gasteiger partial charge in [-0.15, -0.1) is 0 Å². The summed E-state index contributed by atoms with van der Waals surface area (Å²) < 4.78 is 13.7. The Morgan fingerprint density at radius 3 is 2.58 bits per heavy atom. The molecule has 3 aliphatic rings. The molecule has 1 aliphatic heterocycles. The summed E-state index contributed by atoms with van der Waals surface area (Å²) in [5.74, 6) is -1.16. The maximum absolute atomic E-state index is 13.7. The number of rotatable bonds is 9. The van der Waals surface area contributed by atoms with Crippen LogP contribution >= 0.6 is 11.6 Å². The van der Waals surface area contributed by atoms with Gasteiger partial charge in [-0.1, -0.05) is 24.4 Å². The van der Waals surface area contributed by atoms with Crippen molar-refractivity contribution >= 4 is 40.6 Å². The number of nitrogens with one attached hydrogen (secondary N) is 4. The lowest BCUT2D eigenvalue weighted by Gasteiger charge is -2.38. The van der Waals surface area contributed by atoms with Gasteiger partial charge >= 0.3 is 0 Å². The van der Waals surface area contributed by atoms with Crippen LogP contribution in [-0.2, 0) is 9.59 Å². The third kappa shape index (κ3) is 5.25. The van der Waals surface area contributed by atoms with E-state index in [0.29, 0.717) is 36.2 Å². The molecule has 2 aliphatic carbocycles. The second kappa shape index (κ2) is 9.49. The molecule has 3 fully saturated rings. The SMILES string of the molecule is N#CC(CC1(C=O)CCC2(CC2)NC1)NC(=O)C(CC1CC1)NC(=O)c1cc2cc(F)cc(Cl)c2[nH]1. The molecule has 2 heterocycles. The Kier molecular flexibility index (Phi) is 6.52. The summed E-state index contributed by atoms with van der Waals surface area (Å²) in [5.41, 5.74) is 0.0560. The highest BCUT2D eigenvalue weighted by atomic mass is 35.5. The van der Waals surface area contributed by atoms with Crippen LogP contribution in [0.3, 0.4) is 0 Å². The molecule has 8 nitrogen and oxygen atoms in total. The quantitative estimate of drug-likeness (QED) is 0.382. The molecule has 3 unspecified atom stereocenters. The van der Waals surface area contributed by atoms with Crippen molar-refractivity contribution in [1.82, 2.24) is 20.9 Å². The van der Waals surface area contributed by atoms with Gasteiger partial charge in [0.05, 0.1) is 16.6 Å². The zero-order valence-electron chi connectivity index (χ0n) is 19.8. The highest BCUT2D eigenvalue weighted by molar-refractivity contribution is 6.35. The zero-order chi connectivity index (χ0) is 25.5. The van der Waals surface area contributed by atoms with Crippen LogP contribution in [-0.4, -0.2) is 47.3 Å². The number of nitriles is 1. The molecule has 1 aromatic heterocycles. The number of nitrogens with zero attached hydrogens (tertiary/aromatic N) is 1. The third-order valence-corrected chi connectivity index (χ3v) is 8.18. The Bertz CT molecular complexity index is 1240. The molecule has 0 radical (unpaired) electrons. The van der Waals surface area contributed by atoms with E-state index < -0.39 is 35.1 Å². The van der Waals surface area contributed by atoms with Crippen molar-refractivity contribution in [3.8, 4) is 6.07 Å². The highest BCUT2D eigenvalue weighted by Gasteiger charge is 2.50. The first kappa shape index (κ1) is 24.7. The van der Waals surface area contributed by atoms with Crippen molar-refractivity contribution in [2.75, 3.05) is 6.54 Å². The number of carbonyl (C=O) groups excluding carboxylic acids is 3. The Labute approximate surface area is 213 Å². The molecule has 2 saturated carbocycles. The topological polar surface area (TPSA) is 127 Å². The average molecular weight is 514 g/mol. The highest BCUT2D eigenvalue weighted by Crippen LogP contribution is 2.46. The first-order valence-electron chi connectivity index (χ1n) is 12.4. The average Bonchev–Trinajstić information content (AvgIpc) is 3.78. The van der Waals surface area contributed by atoms with Crippen LogP contribution in [0.5, 0.6) is 0 Å². The summed E-state index contributed by atoms with van der Waals surface area (Å²) in [6.45, 7) is 0.496. The first-order valence-corrected chi connectivity index (χ1v) is 12.8. The molecule has 190 valence electrons. The molecule has 2 amide bonds. The lowest BCUT2D eigenvalue weighted by molar-refractivity contribution is -0.125. The van der Waals surface area contributed by atoms with Crippen molar-refractivity contribution in [3.63, 3.8) is 0 Å². The molecule has 4 N–H and O–H groups in total. The summed E-state index contributed by atoms with van der Waals surface area (Å²) in [6, 6.07) is 4.35. The number of aldehydes is 1. The van der Waals surface area contributed by atoms with Crippen LogP contribution in [0.15, 0.2) is 18.2 Å². The molecule has 10 heteroatoms. The van der Waals surface area contributed by atoms with Gasteiger partial charge in [-0.05, 0) is 62.6 Å². The number of halogens is 2. The van der Waals surface area contributed by atoms with Crippen LogP contribution in [0.4, 0.5) is 4.39 Å². The van der Waals surface area contributed by atoms with Gasteiger partial charge < -0.3 is 25.7 Å². The van der Waals surface area contributed by atoms with Gasteiger partial charge in [0.1, 0.15) is 29.9 Å². The van der Waals surface area contributed by atoms with Crippen molar-refractivity contribution in [1.29, 1.82) is 5.26 Å². The molecule has 1 aromatic carbocycles. The van der Waals surface area contributed by atoms with E-state index in [1.165, 1.54) is 12.1 Å². The summed E-state index contributed by atoms with van der Waals surface area (Å²) in [6.07, 6.45) is 7.33. The van der Waals surface area contributed by atoms with Crippen LogP contribution in [0, 0.1) is 28.5 Å². The molecule has 2 aromatic rings. The second-order valence-corrected chi connectivity index (χ2v) is 11.2. The van der Waals surface area contributed by atoms with E-state index in [9.17, 15) is 24.0 Å². The summed E-state index contributed by atoms with van der Waals surface area (Å²) >= 11 is 6.08. The maximum Gasteiger partial charge on any atom is 0.268 e. The van der Waals surface area contributed by atoms with E-state index >= 15 is 0 Å². The second-order valence-electron chi connectivity index (χ2n) is 10.7. The third-order valence-electron chi connectivity index (χ3n) is 7.88. The molecule has 5 rings (SSSR count). The number of aromatic amines is 1. The fraction of sp³-hybridized carbons (Fsp3) is 0.538. The molecular weight excluding hydrogens is 485 g/mol. The van der Waals surface area contributed by atoms with Crippen molar-refractivity contribution in [2.45, 2.75) is 69.0 Å². The molecule has 3 atom stereocenters. The number of H-pyrrole nitrogens is 1. The van der Waals surface area contributed by atoms with Gasteiger partial charge in [0, 0.05) is 22.9 Å². The van der Waals surface area contributed by atoms with Gasteiger partial charge in [0.25, 0.3) is 5.91 Å². The Morgan fingerprint density at radius 1 is 1.22 bits per heavy atom. The number of amides is 2. The molecule has 36 heavy (non-hydrogen) atoms. The monoisotopic (exact) mass is 513 g/mol. The standard InChI is InChI=1S/C26H29ClFN5O3/c27-19-10-17(28)8-16-9-21(32-22(16)19)24(36)33-20(7-15-1-2-15)23(35)31-18(12-29)11-25(14-34)3-4-26(5-6-26)30-13-25/h8-10,14-15,18,20,30,32H,1-7,11,13H2,(H,31,35)(H,33,36). The fourth-order valence-corrected chi connectivity index (χ4v) is 5.44. The predicted molar refractivity (Wildman–Crippen MR) is 132 cm³/mol. The summed E-state index contributed by atoms with van der Waals surface area (Å²) in [5, 5.41) is 19.4. The van der Waals surface area contributed by atoms with Crippen molar-refractivity contribution < 1.29 is 18.8 Å². The van der Waals surface area contributed by atoms with E-state index in [0.717, 1.165) is 44.5 Å². The zero-order valence-corrected chi connectivity index (χ0v) is 20.6. The van der Waals surface area contributed by atoms with Crippen molar-refractivity contribution in [3.05, 3.63) is 34.7 Å². The van der Waals surface area contributed by atoms with Crippen LogP contribution in [0.25, 0.3) is 10.9 Å². The number of fused-ring (bicyclic) bond motifs is 1.